The van der Waals surface area contributed by atoms with Gasteiger partial charge in [-0.05, 0) is 35.4 Å². The number of carbonyl (C=O) groups excluding carboxylic acids is 1. The van der Waals surface area contributed by atoms with Crippen LogP contribution in [0, 0.1) is 0 Å². The molecule has 0 saturated heterocycles. The third kappa shape index (κ3) is 4.54. The Hall–Kier alpha value is -3.01. The van der Waals surface area contributed by atoms with E-state index in [2.05, 4.69) is 0 Å². The van der Waals surface area contributed by atoms with Crippen molar-refractivity contribution in [3.8, 4) is 11.5 Å². The molecule has 2 N–H and O–H groups in total. The maximum absolute atomic E-state index is 11.5. The van der Waals surface area contributed by atoms with E-state index < -0.39 is 5.97 Å². The molecule has 0 spiro atoms. The van der Waals surface area contributed by atoms with Gasteiger partial charge in [0, 0.05) is 6.08 Å². The Bertz CT molecular complexity index is 672. The second-order valence-corrected chi connectivity index (χ2v) is 4.23. The van der Waals surface area contributed by atoms with E-state index in [1.165, 1.54) is 30.5 Å². The van der Waals surface area contributed by atoms with E-state index in [1.54, 1.807) is 12.1 Å². The zero-order valence-electron chi connectivity index (χ0n) is 11.1. The predicted octanol–water partition coefficient (Wildman–Crippen LogP) is 3.33. The number of hydrogen-bond acceptors (Lipinski definition) is 4. The van der Waals surface area contributed by atoms with Crippen LogP contribution in [0.4, 0.5) is 0 Å². The van der Waals surface area contributed by atoms with Crippen molar-refractivity contribution in [1.29, 1.82) is 0 Å². The lowest BCUT2D eigenvalue weighted by Crippen LogP contribution is -1.93. The fourth-order valence-corrected chi connectivity index (χ4v) is 1.59. The number of ether oxygens (including phenoxy) is 1. The van der Waals surface area contributed by atoms with Gasteiger partial charge in [-0.15, -0.1) is 0 Å². The maximum atomic E-state index is 11.5. The molecule has 0 atom stereocenters. The molecule has 0 fully saturated rings. The Morgan fingerprint density at radius 2 is 1.67 bits per heavy atom. The fraction of sp³-hybridized carbons (Fsp3) is 0. The lowest BCUT2D eigenvalue weighted by molar-refractivity contribution is -0.132. The summed E-state index contributed by atoms with van der Waals surface area (Å²) in [6, 6.07) is 13.7. The molecule has 21 heavy (non-hydrogen) atoms. The number of rotatable bonds is 4. The summed E-state index contributed by atoms with van der Waals surface area (Å²) >= 11 is 0. The van der Waals surface area contributed by atoms with Crippen LogP contribution in [0.3, 0.4) is 0 Å². The molecule has 4 nitrogen and oxygen atoms in total. The summed E-state index contributed by atoms with van der Waals surface area (Å²) in [6.45, 7) is 0. The summed E-state index contributed by atoms with van der Waals surface area (Å²) in [4.78, 5) is 11.5. The lowest BCUT2D eigenvalue weighted by atomic mass is 10.2. The summed E-state index contributed by atoms with van der Waals surface area (Å²) in [5.41, 5.74) is 1.51. The van der Waals surface area contributed by atoms with Gasteiger partial charge in [-0.25, -0.2) is 4.79 Å². The highest BCUT2D eigenvalue weighted by Crippen LogP contribution is 2.25. The van der Waals surface area contributed by atoms with E-state index in [-0.39, 0.29) is 11.5 Å². The second-order valence-electron chi connectivity index (χ2n) is 4.23. The molecule has 0 aliphatic rings. The van der Waals surface area contributed by atoms with Crippen molar-refractivity contribution in [3.63, 3.8) is 0 Å². The van der Waals surface area contributed by atoms with E-state index in [0.717, 1.165) is 5.56 Å². The van der Waals surface area contributed by atoms with E-state index in [1.807, 2.05) is 30.3 Å². The molecule has 0 saturated carbocycles. The van der Waals surface area contributed by atoms with Crippen molar-refractivity contribution in [2.75, 3.05) is 0 Å². The topological polar surface area (TPSA) is 66.8 Å². The zero-order valence-corrected chi connectivity index (χ0v) is 11.1. The van der Waals surface area contributed by atoms with Crippen molar-refractivity contribution >= 4 is 18.1 Å². The zero-order chi connectivity index (χ0) is 15.1. The van der Waals surface area contributed by atoms with Crippen molar-refractivity contribution in [1.82, 2.24) is 0 Å². The highest BCUT2D eigenvalue weighted by Gasteiger charge is 1.98. The molecular weight excluding hydrogens is 268 g/mol. The van der Waals surface area contributed by atoms with Crippen molar-refractivity contribution < 1.29 is 19.7 Å². The first-order valence-electron chi connectivity index (χ1n) is 6.27. The molecule has 0 aliphatic carbocycles. The highest BCUT2D eigenvalue weighted by atomic mass is 16.5. The van der Waals surface area contributed by atoms with Crippen LogP contribution in [0.15, 0.2) is 60.9 Å². The Kier molecular flexibility index (Phi) is 4.77. The van der Waals surface area contributed by atoms with Crippen molar-refractivity contribution in [2.24, 2.45) is 0 Å². The third-order valence-electron chi connectivity index (χ3n) is 2.66. The number of phenolic OH excluding ortho intramolecular Hbond substituents is 2. The quantitative estimate of drug-likeness (QED) is 0.391. The molecular formula is C17H14O4. The Morgan fingerprint density at radius 1 is 0.905 bits per heavy atom. The smallest absolute Gasteiger partial charge is 0.335 e. The third-order valence-corrected chi connectivity index (χ3v) is 2.66. The van der Waals surface area contributed by atoms with Gasteiger partial charge in [-0.3, -0.25) is 0 Å². The van der Waals surface area contributed by atoms with Crippen LogP contribution in [0.25, 0.3) is 12.2 Å². The van der Waals surface area contributed by atoms with E-state index in [0.29, 0.717) is 5.56 Å². The van der Waals surface area contributed by atoms with Crippen LogP contribution in [0.5, 0.6) is 11.5 Å². The molecule has 0 radical (unpaired) electrons. The fourth-order valence-electron chi connectivity index (χ4n) is 1.59. The molecule has 2 rings (SSSR count). The lowest BCUT2D eigenvalue weighted by Gasteiger charge is -1.98. The molecule has 0 unspecified atom stereocenters. The van der Waals surface area contributed by atoms with Crippen molar-refractivity contribution in [3.05, 3.63) is 72.0 Å². The summed E-state index contributed by atoms with van der Waals surface area (Å²) in [7, 11) is 0. The number of esters is 1. The average molecular weight is 282 g/mol. The maximum Gasteiger partial charge on any atom is 0.335 e. The van der Waals surface area contributed by atoms with Crippen LogP contribution in [-0.4, -0.2) is 16.2 Å². The summed E-state index contributed by atoms with van der Waals surface area (Å²) in [5.74, 6) is -0.930. The van der Waals surface area contributed by atoms with Crippen LogP contribution < -0.4 is 0 Å². The number of aromatic hydroxyl groups is 2. The molecule has 2 aromatic carbocycles. The first-order chi connectivity index (χ1) is 10.1. The van der Waals surface area contributed by atoms with Crippen LogP contribution in [0.1, 0.15) is 11.1 Å². The average Bonchev–Trinajstić information content (AvgIpc) is 2.50. The molecule has 4 heteroatoms. The summed E-state index contributed by atoms with van der Waals surface area (Å²) in [5, 5.41) is 18.5. The molecule has 106 valence electrons. The Morgan fingerprint density at radius 3 is 2.38 bits per heavy atom. The van der Waals surface area contributed by atoms with Gasteiger partial charge < -0.3 is 14.9 Å². The van der Waals surface area contributed by atoms with Gasteiger partial charge in [-0.2, -0.15) is 0 Å². The molecule has 0 aromatic heterocycles. The van der Waals surface area contributed by atoms with Gasteiger partial charge in [-0.1, -0.05) is 36.4 Å². The largest absolute Gasteiger partial charge is 0.504 e. The number of benzene rings is 2. The highest BCUT2D eigenvalue weighted by molar-refractivity contribution is 5.87. The van der Waals surface area contributed by atoms with Gasteiger partial charge in [0.25, 0.3) is 0 Å². The first-order valence-corrected chi connectivity index (χ1v) is 6.27. The minimum atomic E-state index is -0.502. The number of phenols is 2. The number of hydrogen-bond donors (Lipinski definition) is 2. The monoisotopic (exact) mass is 282 g/mol. The Labute approximate surface area is 122 Å². The van der Waals surface area contributed by atoms with E-state index in [4.69, 9.17) is 9.84 Å². The van der Waals surface area contributed by atoms with Crippen LogP contribution in [0.2, 0.25) is 0 Å². The van der Waals surface area contributed by atoms with E-state index >= 15 is 0 Å². The molecule has 0 heterocycles. The van der Waals surface area contributed by atoms with Gasteiger partial charge in [0.2, 0.25) is 0 Å². The minimum absolute atomic E-state index is 0.199. The molecule has 0 amide bonds. The van der Waals surface area contributed by atoms with Crippen molar-refractivity contribution in [2.45, 2.75) is 0 Å². The van der Waals surface area contributed by atoms with Crippen LogP contribution in [-0.2, 0) is 9.53 Å². The SMILES string of the molecule is O=C(C=Cc1ccccc1)OC=Cc1ccc(O)c(O)c1. The Balaban J connectivity index is 1.90. The standard InChI is InChI=1S/C17H14O4/c18-15-8-6-14(12-16(15)19)10-11-21-17(20)9-7-13-4-2-1-3-5-13/h1-12,18-19H. The predicted molar refractivity (Wildman–Crippen MR) is 80.4 cm³/mol. The molecule has 0 aliphatic heterocycles. The summed E-state index contributed by atoms with van der Waals surface area (Å²) in [6.07, 6.45) is 5.72. The summed E-state index contributed by atoms with van der Waals surface area (Å²) < 4.78 is 4.89. The van der Waals surface area contributed by atoms with Gasteiger partial charge in [0.1, 0.15) is 0 Å². The normalized spacial score (nSPS) is 11.0. The van der Waals surface area contributed by atoms with Crippen LogP contribution >= 0.6 is 0 Å². The van der Waals surface area contributed by atoms with Gasteiger partial charge in [0.05, 0.1) is 6.26 Å². The molecule has 0 bridgehead atoms. The van der Waals surface area contributed by atoms with Gasteiger partial charge >= 0.3 is 5.97 Å². The minimum Gasteiger partial charge on any atom is -0.504 e. The van der Waals surface area contributed by atoms with E-state index in [9.17, 15) is 9.90 Å². The van der Waals surface area contributed by atoms with Gasteiger partial charge in [0.15, 0.2) is 11.5 Å². The second kappa shape index (κ2) is 6.96. The number of carbonyl (C=O) groups is 1. The first kappa shape index (κ1) is 14.4. The molecule has 2 aromatic rings.